The van der Waals surface area contributed by atoms with Crippen LogP contribution in [0, 0.1) is 11.8 Å². The molecule has 1 fully saturated rings. The molecule has 0 saturated carbocycles. The summed E-state index contributed by atoms with van der Waals surface area (Å²) in [5.41, 5.74) is 0. The zero-order valence-corrected chi connectivity index (χ0v) is 11.9. The van der Waals surface area contributed by atoms with Crippen molar-refractivity contribution in [2.75, 3.05) is 25.0 Å². The van der Waals surface area contributed by atoms with Gasteiger partial charge in [-0.15, -0.1) is 0 Å². The van der Waals surface area contributed by atoms with Crippen molar-refractivity contribution in [2.45, 2.75) is 46.0 Å². The SMILES string of the molecule is CCCC(CBr)CN1CCCC(C)CC1. The predicted molar refractivity (Wildman–Crippen MR) is 71.6 cm³/mol. The molecule has 1 rings (SSSR count). The average molecular weight is 276 g/mol. The lowest BCUT2D eigenvalue weighted by Crippen LogP contribution is -2.31. The fraction of sp³-hybridized carbons (Fsp3) is 1.00. The molecule has 1 heterocycles. The van der Waals surface area contributed by atoms with Crippen LogP contribution < -0.4 is 0 Å². The van der Waals surface area contributed by atoms with Crippen LogP contribution in [0.4, 0.5) is 0 Å². The number of likely N-dealkylation sites (tertiary alicyclic amines) is 1. The summed E-state index contributed by atoms with van der Waals surface area (Å²) in [4.78, 5) is 2.69. The lowest BCUT2D eigenvalue weighted by atomic mass is 10.0. The number of nitrogens with zero attached hydrogens (tertiary/aromatic N) is 1. The predicted octanol–water partition coefficient (Wildman–Crippen LogP) is 3.92. The van der Waals surface area contributed by atoms with E-state index in [1.165, 1.54) is 57.1 Å². The monoisotopic (exact) mass is 275 g/mol. The summed E-state index contributed by atoms with van der Waals surface area (Å²) in [7, 11) is 0. The molecular weight excluding hydrogens is 250 g/mol. The Morgan fingerprint density at radius 3 is 2.80 bits per heavy atom. The van der Waals surface area contributed by atoms with Gasteiger partial charge in [0.2, 0.25) is 0 Å². The highest BCUT2D eigenvalue weighted by atomic mass is 79.9. The average Bonchev–Trinajstić information content (AvgIpc) is 2.43. The first-order valence-corrected chi connectivity index (χ1v) is 7.66. The van der Waals surface area contributed by atoms with Crippen LogP contribution in [0.1, 0.15) is 46.0 Å². The Morgan fingerprint density at radius 1 is 1.33 bits per heavy atom. The molecule has 2 atom stereocenters. The maximum absolute atomic E-state index is 3.65. The third-order valence-electron chi connectivity index (χ3n) is 3.54. The van der Waals surface area contributed by atoms with E-state index in [-0.39, 0.29) is 0 Å². The van der Waals surface area contributed by atoms with Crippen molar-refractivity contribution in [3.63, 3.8) is 0 Å². The molecule has 0 N–H and O–H groups in total. The van der Waals surface area contributed by atoms with Crippen LogP contribution in [-0.2, 0) is 0 Å². The molecule has 0 aromatic heterocycles. The first kappa shape index (κ1) is 13.5. The van der Waals surface area contributed by atoms with Gasteiger partial charge in [-0.3, -0.25) is 0 Å². The minimum atomic E-state index is 0.864. The quantitative estimate of drug-likeness (QED) is 0.688. The Morgan fingerprint density at radius 2 is 2.13 bits per heavy atom. The molecule has 1 aliphatic rings. The summed E-state index contributed by atoms with van der Waals surface area (Å²) in [5.74, 6) is 1.81. The van der Waals surface area contributed by atoms with Crippen LogP contribution in [0.15, 0.2) is 0 Å². The lowest BCUT2D eigenvalue weighted by molar-refractivity contribution is 0.240. The first-order valence-electron chi connectivity index (χ1n) is 6.54. The minimum absolute atomic E-state index is 0.864. The van der Waals surface area contributed by atoms with E-state index in [9.17, 15) is 0 Å². The summed E-state index contributed by atoms with van der Waals surface area (Å²) in [6.45, 7) is 8.66. The van der Waals surface area contributed by atoms with Crippen molar-refractivity contribution in [1.29, 1.82) is 0 Å². The highest BCUT2D eigenvalue weighted by Crippen LogP contribution is 2.19. The molecule has 0 bridgehead atoms. The molecule has 1 nitrogen and oxygen atoms in total. The summed E-state index contributed by atoms with van der Waals surface area (Å²) in [5, 5.41) is 1.17. The number of alkyl halides is 1. The molecule has 2 unspecified atom stereocenters. The molecule has 0 spiro atoms. The van der Waals surface area contributed by atoms with Gasteiger partial charge >= 0.3 is 0 Å². The number of hydrogen-bond acceptors (Lipinski definition) is 1. The molecular formula is C13H26BrN. The van der Waals surface area contributed by atoms with Crippen molar-refractivity contribution in [3.05, 3.63) is 0 Å². The highest BCUT2D eigenvalue weighted by molar-refractivity contribution is 9.09. The van der Waals surface area contributed by atoms with Crippen molar-refractivity contribution in [3.8, 4) is 0 Å². The largest absolute Gasteiger partial charge is 0.303 e. The highest BCUT2D eigenvalue weighted by Gasteiger charge is 2.16. The molecule has 0 radical (unpaired) electrons. The number of hydrogen-bond donors (Lipinski definition) is 0. The van der Waals surface area contributed by atoms with Gasteiger partial charge < -0.3 is 4.90 Å². The lowest BCUT2D eigenvalue weighted by Gasteiger charge is -2.25. The van der Waals surface area contributed by atoms with Crippen molar-refractivity contribution in [2.24, 2.45) is 11.8 Å². The fourth-order valence-electron chi connectivity index (χ4n) is 2.50. The van der Waals surface area contributed by atoms with E-state index >= 15 is 0 Å². The van der Waals surface area contributed by atoms with E-state index in [0.29, 0.717) is 0 Å². The topological polar surface area (TPSA) is 3.24 Å². The van der Waals surface area contributed by atoms with Gasteiger partial charge in [0.05, 0.1) is 0 Å². The molecule has 1 saturated heterocycles. The first-order chi connectivity index (χ1) is 7.26. The minimum Gasteiger partial charge on any atom is -0.303 e. The Labute approximate surface area is 104 Å². The van der Waals surface area contributed by atoms with Crippen LogP contribution in [-0.4, -0.2) is 29.9 Å². The van der Waals surface area contributed by atoms with Gasteiger partial charge in [0, 0.05) is 11.9 Å². The van der Waals surface area contributed by atoms with Crippen LogP contribution in [0.2, 0.25) is 0 Å². The Kier molecular flexibility index (Phi) is 6.91. The normalized spacial score (nSPS) is 26.2. The summed E-state index contributed by atoms with van der Waals surface area (Å²) < 4.78 is 0. The second-order valence-corrected chi connectivity index (χ2v) is 5.79. The Bertz CT molecular complexity index is 161. The number of halogens is 1. The van der Waals surface area contributed by atoms with Crippen LogP contribution >= 0.6 is 15.9 Å². The molecule has 15 heavy (non-hydrogen) atoms. The molecule has 90 valence electrons. The third kappa shape index (κ3) is 5.35. The standard InChI is InChI=1S/C13H26BrN/c1-3-5-13(10-14)11-15-8-4-6-12(2)7-9-15/h12-13H,3-11H2,1-2H3. The van der Waals surface area contributed by atoms with Crippen molar-refractivity contribution >= 4 is 15.9 Å². The molecule has 2 heteroatoms. The molecule has 0 aliphatic carbocycles. The summed E-state index contributed by atoms with van der Waals surface area (Å²) in [6, 6.07) is 0. The van der Waals surface area contributed by atoms with E-state index in [2.05, 4.69) is 34.7 Å². The molecule has 0 amide bonds. The zero-order valence-electron chi connectivity index (χ0n) is 10.3. The van der Waals surface area contributed by atoms with Crippen molar-refractivity contribution in [1.82, 2.24) is 4.90 Å². The van der Waals surface area contributed by atoms with E-state index < -0.39 is 0 Å². The van der Waals surface area contributed by atoms with E-state index in [4.69, 9.17) is 0 Å². The van der Waals surface area contributed by atoms with Gasteiger partial charge in [0.25, 0.3) is 0 Å². The van der Waals surface area contributed by atoms with Gasteiger partial charge in [-0.2, -0.15) is 0 Å². The fourth-order valence-corrected chi connectivity index (χ4v) is 3.02. The maximum atomic E-state index is 3.65. The van der Waals surface area contributed by atoms with Crippen LogP contribution in [0.5, 0.6) is 0 Å². The van der Waals surface area contributed by atoms with Crippen LogP contribution in [0.3, 0.4) is 0 Å². The van der Waals surface area contributed by atoms with E-state index in [1.807, 2.05) is 0 Å². The Balaban J connectivity index is 2.29. The summed E-state index contributed by atoms with van der Waals surface area (Å²) in [6.07, 6.45) is 6.94. The summed E-state index contributed by atoms with van der Waals surface area (Å²) >= 11 is 3.65. The van der Waals surface area contributed by atoms with E-state index in [0.717, 1.165) is 11.8 Å². The molecule has 0 aromatic carbocycles. The van der Waals surface area contributed by atoms with Gasteiger partial charge in [-0.05, 0) is 50.6 Å². The zero-order chi connectivity index (χ0) is 11.1. The molecule has 1 aliphatic heterocycles. The van der Waals surface area contributed by atoms with Gasteiger partial charge in [-0.25, -0.2) is 0 Å². The second kappa shape index (κ2) is 7.67. The van der Waals surface area contributed by atoms with Crippen LogP contribution in [0.25, 0.3) is 0 Å². The second-order valence-electron chi connectivity index (χ2n) is 5.15. The van der Waals surface area contributed by atoms with Crippen molar-refractivity contribution < 1.29 is 0 Å². The number of rotatable bonds is 5. The maximum Gasteiger partial charge on any atom is 0.00718 e. The van der Waals surface area contributed by atoms with Gasteiger partial charge in [0.15, 0.2) is 0 Å². The Hall–Kier alpha value is 0.440. The third-order valence-corrected chi connectivity index (χ3v) is 4.46. The van der Waals surface area contributed by atoms with Gasteiger partial charge in [0.1, 0.15) is 0 Å². The smallest absolute Gasteiger partial charge is 0.00718 e. The van der Waals surface area contributed by atoms with E-state index in [1.54, 1.807) is 0 Å². The van der Waals surface area contributed by atoms with Gasteiger partial charge in [-0.1, -0.05) is 36.2 Å². The molecule has 0 aromatic rings.